The Morgan fingerprint density at radius 3 is 2.61 bits per heavy atom. The summed E-state index contributed by atoms with van der Waals surface area (Å²) in [5.41, 5.74) is 0.0835. The molecule has 122 valence electrons. The monoisotopic (exact) mass is 356 g/mol. The first-order chi connectivity index (χ1) is 10.8. The highest BCUT2D eigenvalue weighted by atomic mass is 35.5. The van der Waals surface area contributed by atoms with Crippen molar-refractivity contribution in [3.8, 4) is 5.75 Å². The van der Waals surface area contributed by atoms with Crippen LogP contribution < -0.4 is 9.46 Å². The van der Waals surface area contributed by atoms with Crippen LogP contribution in [0.5, 0.6) is 5.75 Å². The Bertz CT molecular complexity index is 839. The van der Waals surface area contributed by atoms with Crippen LogP contribution in [-0.4, -0.2) is 20.5 Å². The average Bonchev–Trinajstić information content (AvgIpc) is 2.52. The summed E-state index contributed by atoms with van der Waals surface area (Å²) in [6.45, 7) is -0.0356. The largest absolute Gasteiger partial charge is 0.497 e. The number of nitro benzene ring substituents is 1. The van der Waals surface area contributed by atoms with Gasteiger partial charge in [0.15, 0.2) is 4.90 Å². The van der Waals surface area contributed by atoms with Crippen molar-refractivity contribution >= 4 is 27.3 Å². The van der Waals surface area contributed by atoms with E-state index >= 15 is 0 Å². The van der Waals surface area contributed by atoms with Crippen LogP contribution >= 0.6 is 11.6 Å². The molecule has 0 aromatic heterocycles. The van der Waals surface area contributed by atoms with Crippen molar-refractivity contribution in [2.45, 2.75) is 11.4 Å². The molecule has 7 nitrogen and oxygen atoms in total. The minimum atomic E-state index is -4.06. The second-order valence-electron chi connectivity index (χ2n) is 4.55. The summed E-state index contributed by atoms with van der Waals surface area (Å²) in [7, 11) is -2.72. The first kappa shape index (κ1) is 17.2. The molecule has 0 radical (unpaired) electrons. The SMILES string of the molecule is COc1ccc(S(=O)(=O)NCc2cccc(Cl)c2)c([N+](=O)[O-])c1. The zero-order valence-electron chi connectivity index (χ0n) is 12.0. The molecule has 0 bridgehead atoms. The van der Waals surface area contributed by atoms with Gasteiger partial charge in [0.1, 0.15) is 5.75 Å². The quantitative estimate of drug-likeness (QED) is 0.633. The summed E-state index contributed by atoms with van der Waals surface area (Å²) < 4.78 is 31.9. The summed E-state index contributed by atoms with van der Waals surface area (Å²) in [4.78, 5) is 9.90. The number of rotatable bonds is 6. The number of sulfonamides is 1. The van der Waals surface area contributed by atoms with E-state index in [9.17, 15) is 18.5 Å². The van der Waals surface area contributed by atoms with Crippen LogP contribution in [0.2, 0.25) is 5.02 Å². The van der Waals surface area contributed by atoms with Gasteiger partial charge in [0.2, 0.25) is 10.0 Å². The van der Waals surface area contributed by atoms with Crippen molar-refractivity contribution in [3.63, 3.8) is 0 Å². The fourth-order valence-corrected chi connectivity index (χ4v) is 3.28. The highest BCUT2D eigenvalue weighted by Gasteiger charge is 2.26. The standard InChI is InChI=1S/C14H13ClN2O5S/c1-22-12-5-6-14(13(8-12)17(18)19)23(20,21)16-9-10-3-2-4-11(15)7-10/h2-8,16H,9H2,1H3. The van der Waals surface area contributed by atoms with Gasteiger partial charge in [-0.2, -0.15) is 0 Å². The Labute approximate surface area is 138 Å². The predicted octanol–water partition coefficient (Wildman–Crippen LogP) is 2.74. The first-order valence-corrected chi connectivity index (χ1v) is 8.26. The van der Waals surface area contributed by atoms with Gasteiger partial charge >= 0.3 is 0 Å². The Kier molecular flexibility index (Phi) is 5.19. The van der Waals surface area contributed by atoms with Gasteiger partial charge in [-0.1, -0.05) is 23.7 Å². The van der Waals surface area contributed by atoms with Crippen LogP contribution in [0.4, 0.5) is 5.69 Å². The lowest BCUT2D eigenvalue weighted by Gasteiger charge is -2.09. The van der Waals surface area contributed by atoms with E-state index in [0.29, 0.717) is 10.6 Å². The number of benzene rings is 2. The van der Waals surface area contributed by atoms with Gasteiger partial charge in [-0.15, -0.1) is 0 Å². The molecule has 2 aromatic rings. The topological polar surface area (TPSA) is 98.5 Å². The zero-order valence-corrected chi connectivity index (χ0v) is 13.6. The maximum absolute atomic E-state index is 12.3. The van der Waals surface area contributed by atoms with Crippen LogP contribution in [0.25, 0.3) is 0 Å². The number of ether oxygens (including phenoxy) is 1. The molecule has 0 saturated heterocycles. The van der Waals surface area contributed by atoms with E-state index in [4.69, 9.17) is 16.3 Å². The van der Waals surface area contributed by atoms with Gasteiger partial charge in [0, 0.05) is 11.6 Å². The maximum atomic E-state index is 12.3. The molecule has 9 heteroatoms. The third kappa shape index (κ3) is 4.19. The molecule has 0 amide bonds. The number of methoxy groups -OCH3 is 1. The first-order valence-electron chi connectivity index (χ1n) is 6.40. The summed E-state index contributed by atoms with van der Waals surface area (Å²) in [5.74, 6) is 0.200. The van der Waals surface area contributed by atoms with E-state index in [-0.39, 0.29) is 12.3 Å². The van der Waals surface area contributed by atoms with Crippen molar-refractivity contribution in [1.29, 1.82) is 0 Å². The molecular formula is C14H13ClN2O5S. The van der Waals surface area contributed by atoms with E-state index < -0.39 is 25.5 Å². The van der Waals surface area contributed by atoms with E-state index in [2.05, 4.69) is 4.72 Å². The summed E-state index contributed by atoms with van der Waals surface area (Å²) in [6, 6.07) is 10.2. The van der Waals surface area contributed by atoms with E-state index in [1.165, 1.54) is 13.2 Å². The van der Waals surface area contributed by atoms with Crippen LogP contribution in [0.15, 0.2) is 47.4 Å². The molecule has 0 aliphatic heterocycles. The van der Waals surface area contributed by atoms with Crippen LogP contribution in [-0.2, 0) is 16.6 Å². The Morgan fingerprint density at radius 2 is 2.00 bits per heavy atom. The summed E-state index contributed by atoms with van der Waals surface area (Å²) >= 11 is 5.83. The molecule has 0 saturated carbocycles. The van der Waals surface area contributed by atoms with E-state index in [1.54, 1.807) is 24.3 Å². The van der Waals surface area contributed by atoms with Crippen LogP contribution in [0, 0.1) is 10.1 Å². The lowest BCUT2D eigenvalue weighted by Crippen LogP contribution is -2.24. The summed E-state index contributed by atoms with van der Waals surface area (Å²) in [5, 5.41) is 11.6. The lowest BCUT2D eigenvalue weighted by atomic mass is 10.2. The average molecular weight is 357 g/mol. The van der Waals surface area contributed by atoms with E-state index in [0.717, 1.165) is 12.1 Å². The third-order valence-corrected chi connectivity index (χ3v) is 4.69. The molecule has 0 heterocycles. The maximum Gasteiger partial charge on any atom is 0.293 e. The molecule has 0 aliphatic rings. The fraction of sp³-hybridized carbons (Fsp3) is 0.143. The number of halogens is 1. The van der Waals surface area contributed by atoms with Crippen LogP contribution in [0.3, 0.4) is 0 Å². The van der Waals surface area contributed by atoms with Gasteiger partial charge in [-0.3, -0.25) is 10.1 Å². The molecule has 0 atom stereocenters. The molecule has 0 unspecified atom stereocenters. The number of hydrogen-bond acceptors (Lipinski definition) is 5. The highest BCUT2D eigenvalue weighted by molar-refractivity contribution is 7.89. The number of nitrogens with one attached hydrogen (secondary N) is 1. The second kappa shape index (κ2) is 6.95. The van der Waals surface area contributed by atoms with Crippen molar-refractivity contribution in [3.05, 3.63) is 63.2 Å². The molecular weight excluding hydrogens is 344 g/mol. The number of nitro groups is 1. The lowest BCUT2D eigenvalue weighted by molar-refractivity contribution is -0.387. The number of nitrogens with zero attached hydrogens (tertiary/aromatic N) is 1. The van der Waals surface area contributed by atoms with Crippen LogP contribution in [0.1, 0.15) is 5.56 Å². The Morgan fingerprint density at radius 1 is 1.26 bits per heavy atom. The Hall–Kier alpha value is -2.16. The van der Waals surface area contributed by atoms with Gasteiger partial charge in [0.25, 0.3) is 5.69 Å². The van der Waals surface area contributed by atoms with Gasteiger partial charge in [-0.05, 0) is 29.8 Å². The number of hydrogen-bond donors (Lipinski definition) is 1. The van der Waals surface area contributed by atoms with Crippen molar-refractivity contribution in [1.82, 2.24) is 4.72 Å². The van der Waals surface area contributed by atoms with E-state index in [1.807, 2.05) is 0 Å². The molecule has 23 heavy (non-hydrogen) atoms. The molecule has 2 rings (SSSR count). The predicted molar refractivity (Wildman–Crippen MR) is 85.1 cm³/mol. The van der Waals surface area contributed by atoms with Gasteiger partial charge < -0.3 is 4.74 Å². The molecule has 0 spiro atoms. The highest BCUT2D eigenvalue weighted by Crippen LogP contribution is 2.28. The third-order valence-electron chi connectivity index (χ3n) is 3.01. The Balaban J connectivity index is 2.30. The molecule has 2 aromatic carbocycles. The van der Waals surface area contributed by atoms with Gasteiger partial charge in [-0.25, -0.2) is 13.1 Å². The molecule has 0 aliphatic carbocycles. The molecule has 0 fully saturated rings. The summed E-state index contributed by atoms with van der Waals surface area (Å²) in [6.07, 6.45) is 0. The normalized spacial score (nSPS) is 11.2. The molecule has 1 N–H and O–H groups in total. The second-order valence-corrected chi connectivity index (χ2v) is 6.72. The minimum absolute atomic E-state index is 0.0356. The van der Waals surface area contributed by atoms with Gasteiger partial charge in [0.05, 0.1) is 18.1 Å². The van der Waals surface area contributed by atoms with Crippen molar-refractivity contribution < 1.29 is 18.1 Å². The van der Waals surface area contributed by atoms with Crippen molar-refractivity contribution in [2.75, 3.05) is 7.11 Å². The smallest absolute Gasteiger partial charge is 0.293 e. The fourth-order valence-electron chi connectivity index (χ4n) is 1.90. The minimum Gasteiger partial charge on any atom is -0.497 e. The zero-order chi connectivity index (χ0) is 17.0. The van der Waals surface area contributed by atoms with Crippen molar-refractivity contribution in [2.24, 2.45) is 0 Å².